The van der Waals surface area contributed by atoms with Gasteiger partial charge >= 0.3 is 11.9 Å². The van der Waals surface area contributed by atoms with Crippen molar-refractivity contribution in [2.24, 2.45) is 0 Å². The minimum atomic E-state index is -0.767. The lowest BCUT2D eigenvalue weighted by atomic mass is 9.92. The number of esters is 2. The van der Waals surface area contributed by atoms with Crippen molar-refractivity contribution in [3.8, 4) is 11.5 Å². The van der Waals surface area contributed by atoms with Crippen LogP contribution in [0, 0.1) is 11.6 Å². The van der Waals surface area contributed by atoms with Gasteiger partial charge in [-0.3, -0.25) is 9.97 Å². The van der Waals surface area contributed by atoms with E-state index in [2.05, 4.69) is 9.97 Å². The molecule has 6 rings (SSSR count). The topological polar surface area (TPSA) is 119 Å². The van der Waals surface area contributed by atoms with Crippen molar-refractivity contribution in [2.75, 3.05) is 14.2 Å². The average molecular weight is 635 g/mol. The molecule has 2 aromatic heterocycles. The van der Waals surface area contributed by atoms with Crippen LogP contribution in [0.2, 0.25) is 0 Å². The Balaban J connectivity index is 1.53. The zero-order valence-corrected chi connectivity index (χ0v) is 25.4. The van der Waals surface area contributed by atoms with Gasteiger partial charge in [0.25, 0.3) is 0 Å². The lowest BCUT2D eigenvalue weighted by Crippen LogP contribution is -2.07. The first kappa shape index (κ1) is 31.1. The molecule has 47 heavy (non-hydrogen) atoms. The van der Waals surface area contributed by atoms with E-state index in [1.54, 1.807) is 36.7 Å². The maximum atomic E-state index is 13.5. The van der Waals surface area contributed by atoms with Crippen LogP contribution >= 0.6 is 0 Å². The number of rotatable bonds is 8. The van der Waals surface area contributed by atoms with E-state index in [-0.39, 0.29) is 51.7 Å². The number of aromatic nitrogens is 2. The molecular formula is C37H28F2N2O6. The zero-order chi connectivity index (χ0) is 33.2. The summed E-state index contributed by atoms with van der Waals surface area (Å²) < 4.78 is 36.9. The first-order chi connectivity index (χ1) is 22.6. The Bertz CT molecular complexity index is 2010. The molecule has 0 saturated heterocycles. The fourth-order valence-electron chi connectivity index (χ4n) is 5.68. The molecule has 236 valence electrons. The lowest BCUT2D eigenvalue weighted by Gasteiger charge is -2.16. The van der Waals surface area contributed by atoms with E-state index < -0.39 is 11.9 Å². The lowest BCUT2D eigenvalue weighted by molar-refractivity contribution is 0.0588. The highest BCUT2D eigenvalue weighted by molar-refractivity contribution is 6.03. The van der Waals surface area contributed by atoms with Gasteiger partial charge in [0, 0.05) is 23.2 Å². The van der Waals surface area contributed by atoms with E-state index in [0.29, 0.717) is 34.7 Å². The Hall–Kier alpha value is -5.90. The smallest absolute Gasteiger partial charge is 0.341 e. The number of aromatic hydroxyl groups is 2. The van der Waals surface area contributed by atoms with Crippen molar-refractivity contribution in [3.05, 3.63) is 141 Å². The van der Waals surface area contributed by atoms with Gasteiger partial charge in [-0.25, -0.2) is 18.4 Å². The van der Waals surface area contributed by atoms with Crippen LogP contribution in [-0.4, -0.2) is 46.3 Å². The average Bonchev–Trinajstić information content (AvgIpc) is 3.08. The zero-order valence-electron chi connectivity index (χ0n) is 25.4. The summed E-state index contributed by atoms with van der Waals surface area (Å²) in [6.45, 7) is 0. The van der Waals surface area contributed by atoms with Crippen LogP contribution < -0.4 is 0 Å². The van der Waals surface area contributed by atoms with Gasteiger partial charge < -0.3 is 19.7 Å². The molecule has 0 aliphatic carbocycles. The molecule has 2 N–H and O–H groups in total. The standard InChI is InChI=1S/C37H28F2N2O6/c1-46-36(44)30-16-24(28-13-22(18-40-32(28)34(30)42)11-20-3-7-26(38)8-4-20)15-25-17-31(37(45)47-2)35(43)33-29(25)14-23(19-41-33)12-21-5-9-27(39)10-6-21/h3-10,13-14,16-19,42-43H,11-12,15H2,1-2H3. The van der Waals surface area contributed by atoms with E-state index in [1.807, 2.05) is 12.1 Å². The second-order valence-electron chi connectivity index (χ2n) is 11.1. The van der Waals surface area contributed by atoms with Gasteiger partial charge in [-0.2, -0.15) is 0 Å². The maximum absolute atomic E-state index is 13.5. The van der Waals surface area contributed by atoms with Gasteiger partial charge in [-0.05, 0) is 101 Å². The monoisotopic (exact) mass is 634 g/mol. The molecule has 0 radical (unpaired) electrons. The molecule has 2 heterocycles. The fraction of sp³-hybridized carbons (Fsp3) is 0.135. The number of carbonyl (C=O) groups is 2. The Labute approximate surface area is 267 Å². The number of fused-ring (bicyclic) bond motifs is 2. The van der Waals surface area contributed by atoms with Crippen LogP contribution in [0.1, 0.15) is 54.1 Å². The number of carbonyl (C=O) groups excluding carboxylic acids is 2. The number of phenolic OH excluding ortho intramolecular Hbond substituents is 2. The summed E-state index contributed by atoms with van der Waals surface area (Å²) in [6, 6.07) is 18.9. The largest absolute Gasteiger partial charge is 0.505 e. The van der Waals surface area contributed by atoms with Gasteiger partial charge in [0.15, 0.2) is 11.5 Å². The molecule has 10 heteroatoms. The summed E-state index contributed by atoms with van der Waals surface area (Å²) in [7, 11) is 2.41. The molecule has 6 aromatic rings. The summed E-state index contributed by atoms with van der Waals surface area (Å²) in [4.78, 5) is 34.4. The van der Waals surface area contributed by atoms with Gasteiger partial charge in [0.2, 0.25) is 0 Å². The maximum Gasteiger partial charge on any atom is 0.341 e. The highest BCUT2D eigenvalue weighted by Gasteiger charge is 2.23. The van der Waals surface area contributed by atoms with Gasteiger partial charge in [0.05, 0.1) is 14.2 Å². The second kappa shape index (κ2) is 12.8. The van der Waals surface area contributed by atoms with Crippen LogP contribution in [0.5, 0.6) is 11.5 Å². The Morgan fingerprint density at radius 2 is 0.979 bits per heavy atom. The molecular weight excluding hydrogens is 606 g/mol. The molecule has 8 nitrogen and oxygen atoms in total. The number of nitrogens with zero attached hydrogens (tertiary/aromatic N) is 2. The molecule has 4 aromatic carbocycles. The quantitative estimate of drug-likeness (QED) is 0.175. The number of benzene rings is 4. The molecule has 0 amide bonds. The van der Waals surface area contributed by atoms with Crippen LogP contribution in [0.15, 0.2) is 85.2 Å². The Morgan fingerprint density at radius 3 is 1.34 bits per heavy atom. The highest BCUT2D eigenvalue weighted by atomic mass is 19.1. The van der Waals surface area contributed by atoms with Crippen molar-refractivity contribution < 1.29 is 38.1 Å². The summed E-state index contributed by atoms with van der Waals surface area (Å²) in [5.74, 6) is -2.93. The van der Waals surface area contributed by atoms with Crippen molar-refractivity contribution in [3.63, 3.8) is 0 Å². The molecule has 0 bridgehead atoms. The van der Waals surface area contributed by atoms with E-state index in [4.69, 9.17) is 9.47 Å². The Morgan fingerprint density at radius 1 is 0.596 bits per heavy atom. The van der Waals surface area contributed by atoms with Crippen LogP contribution in [0.4, 0.5) is 8.78 Å². The predicted molar refractivity (Wildman–Crippen MR) is 171 cm³/mol. The predicted octanol–water partition coefficient (Wildman–Crippen LogP) is 6.82. The summed E-state index contributed by atoms with van der Waals surface area (Å²) in [6.07, 6.45) is 4.12. The summed E-state index contributed by atoms with van der Waals surface area (Å²) in [5.41, 5.74) is 4.49. The number of halogens is 2. The first-order valence-electron chi connectivity index (χ1n) is 14.6. The van der Waals surface area contributed by atoms with Crippen LogP contribution in [0.3, 0.4) is 0 Å². The normalized spacial score (nSPS) is 11.1. The van der Waals surface area contributed by atoms with E-state index in [9.17, 15) is 28.6 Å². The fourth-order valence-corrected chi connectivity index (χ4v) is 5.68. The number of methoxy groups -OCH3 is 2. The second-order valence-corrected chi connectivity index (χ2v) is 11.1. The molecule has 0 spiro atoms. The molecule has 0 unspecified atom stereocenters. The van der Waals surface area contributed by atoms with Gasteiger partial charge in [-0.1, -0.05) is 24.3 Å². The SMILES string of the molecule is COC(=O)c1cc(Cc2cc(C(=O)OC)c(O)c3ncc(Cc4ccc(F)cc4)cc23)c2cc(Cc3ccc(F)cc3)cnc2c1O. The molecule has 0 atom stereocenters. The highest BCUT2D eigenvalue weighted by Crippen LogP contribution is 2.37. The Kier molecular flexibility index (Phi) is 8.50. The van der Waals surface area contributed by atoms with Crippen LogP contribution in [-0.2, 0) is 28.7 Å². The third-order valence-electron chi connectivity index (χ3n) is 8.01. The van der Waals surface area contributed by atoms with E-state index in [1.165, 1.54) is 50.6 Å². The van der Waals surface area contributed by atoms with Crippen molar-refractivity contribution in [1.82, 2.24) is 9.97 Å². The summed E-state index contributed by atoms with van der Waals surface area (Å²) in [5, 5.41) is 23.2. The number of pyridine rings is 2. The van der Waals surface area contributed by atoms with Gasteiger partial charge in [-0.15, -0.1) is 0 Å². The summed E-state index contributed by atoms with van der Waals surface area (Å²) >= 11 is 0. The minimum absolute atomic E-state index is 0.0971. The number of hydrogen-bond donors (Lipinski definition) is 2. The van der Waals surface area contributed by atoms with E-state index >= 15 is 0 Å². The number of phenols is 2. The number of ether oxygens (including phenoxy) is 2. The van der Waals surface area contributed by atoms with Crippen LogP contribution in [0.25, 0.3) is 21.8 Å². The van der Waals surface area contributed by atoms with Gasteiger partial charge in [0.1, 0.15) is 33.8 Å². The van der Waals surface area contributed by atoms with Crippen molar-refractivity contribution >= 4 is 33.7 Å². The number of hydrogen-bond acceptors (Lipinski definition) is 8. The first-order valence-corrected chi connectivity index (χ1v) is 14.6. The minimum Gasteiger partial charge on any atom is -0.505 e. The molecule has 0 aliphatic heterocycles. The molecule has 0 saturated carbocycles. The molecule has 0 fully saturated rings. The molecule has 0 aliphatic rings. The van der Waals surface area contributed by atoms with Crippen molar-refractivity contribution in [2.45, 2.75) is 19.3 Å². The third-order valence-corrected chi connectivity index (χ3v) is 8.01. The van der Waals surface area contributed by atoms with E-state index in [0.717, 1.165) is 22.3 Å². The van der Waals surface area contributed by atoms with Crippen molar-refractivity contribution in [1.29, 1.82) is 0 Å². The third kappa shape index (κ3) is 6.30.